The van der Waals surface area contributed by atoms with Crippen molar-refractivity contribution in [3.63, 3.8) is 0 Å². The minimum atomic E-state index is -0.768. The van der Waals surface area contributed by atoms with Gasteiger partial charge in [-0.3, -0.25) is 14.9 Å². The van der Waals surface area contributed by atoms with Gasteiger partial charge in [-0.1, -0.05) is 52.3 Å². The Labute approximate surface area is 204 Å². The predicted octanol–water partition coefficient (Wildman–Crippen LogP) is 5.68. The van der Waals surface area contributed by atoms with E-state index in [4.69, 9.17) is 0 Å². The van der Waals surface area contributed by atoms with Crippen LogP contribution in [-0.2, 0) is 9.59 Å². The summed E-state index contributed by atoms with van der Waals surface area (Å²) < 4.78 is 2.92. The number of amides is 4. The number of hydrogen-bond acceptors (Lipinski definition) is 3. The van der Waals surface area contributed by atoms with E-state index in [1.54, 1.807) is 30.3 Å². The fraction of sp³-hybridized carbons (Fsp3) is 0.0741. The molecule has 1 aliphatic heterocycles. The average molecular weight is 514 g/mol. The third-order valence-electron chi connectivity index (χ3n) is 5.96. The number of halogens is 1. The Bertz CT molecular complexity index is 1510. The van der Waals surface area contributed by atoms with Crippen molar-refractivity contribution in [2.24, 2.45) is 0 Å². The minimum Gasteiger partial charge on any atom is -0.317 e. The minimum absolute atomic E-state index is 0.0966. The Kier molecular flexibility index (Phi) is 5.42. The molecule has 1 fully saturated rings. The number of aryl methyl sites for hydroxylation is 1. The second-order valence-electron chi connectivity index (χ2n) is 8.09. The molecule has 1 aromatic heterocycles. The number of imide groups is 2. The van der Waals surface area contributed by atoms with Gasteiger partial charge in [0.1, 0.15) is 5.57 Å². The van der Waals surface area contributed by atoms with Gasteiger partial charge in [-0.15, -0.1) is 0 Å². The molecule has 0 atom stereocenters. The van der Waals surface area contributed by atoms with Gasteiger partial charge in [-0.2, -0.15) is 0 Å². The van der Waals surface area contributed by atoms with Gasteiger partial charge in [0, 0.05) is 21.2 Å². The lowest BCUT2D eigenvalue weighted by Crippen LogP contribution is -2.54. The topological polar surface area (TPSA) is 71.4 Å². The zero-order valence-corrected chi connectivity index (χ0v) is 20.1. The number of carbonyl (C=O) groups is 3. The van der Waals surface area contributed by atoms with Crippen LogP contribution in [0.15, 0.2) is 82.8 Å². The van der Waals surface area contributed by atoms with Crippen molar-refractivity contribution in [3.05, 3.63) is 99.8 Å². The number of carbonyl (C=O) groups excluding carboxylic acids is 3. The molecule has 0 saturated carbocycles. The van der Waals surface area contributed by atoms with Gasteiger partial charge < -0.3 is 4.57 Å². The molecule has 34 heavy (non-hydrogen) atoms. The van der Waals surface area contributed by atoms with Crippen LogP contribution in [0.1, 0.15) is 17.0 Å². The fourth-order valence-electron chi connectivity index (χ4n) is 4.35. The van der Waals surface area contributed by atoms with Crippen LogP contribution in [0.25, 0.3) is 22.5 Å². The molecule has 7 heteroatoms. The monoisotopic (exact) mass is 513 g/mol. The molecular formula is C27H20BrN3O3. The molecule has 5 rings (SSSR count). The fourth-order valence-corrected chi connectivity index (χ4v) is 4.61. The number of hydrogen-bond donors (Lipinski definition) is 1. The van der Waals surface area contributed by atoms with Gasteiger partial charge in [0.15, 0.2) is 0 Å². The number of urea groups is 1. The summed E-state index contributed by atoms with van der Waals surface area (Å²) in [4.78, 5) is 39.3. The first-order chi connectivity index (χ1) is 16.3. The number of benzene rings is 3. The van der Waals surface area contributed by atoms with E-state index in [1.165, 1.54) is 0 Å². The van der Waals surface area contributed by atoms with E-state index >= 15 is 0 Å². The smallest absolute Gasteiger partial charge is 0.317 e. The standard InChI is InChI=1S/C27H20BrN3O3/c1-16-14-19(17(2)30(16)24-9-5-7-18-6-3-4-8-22(18)24)15-23-25(32)29-27(34)31(26(23)33)21-12-10-20(28)11-13-21/h3-15H,1-2H3,(H,29,32,34)/b23-15-. The normalized spacial score (nSPS) is 15.3. The van der Waals surface area contributed by atoms with Crippen LogP contribution < -0.4 is 10.2 Å². The number of barbiturate groups is 1. The van der Waals surface area contributed by atoms with Gasteiger partial charge in [0.25, 0.3) is 11.8 Å². The predicted molar refractivity (Wildman–Crippen MR) is 136 cm³/mol. The maximum absolute atomic E-state index is 13.2. The number of fused-ring (bicyclic) bond motifs is 1. The van der Waals surface area contributed by atoms with Gasteiger partial charge >= 0.3 is 6.03 Å². The average Bonchev–Trinajstić information content (AvgIpc) is 3.10. The third-order valence-corrected chi connectivity index (χ3v) is 6.49. The number of aromatic nitrogens is 1. The van der Waals surface area contributed by atoms with Crippen LogP contribution in [0.3, 0.4) is 0 Å². The van der Waals surface area contributed by atoms with Crippen molar-refractivity contribution in [3.8, 4) is 5.69 Å². The Morgan fingerprint density at radius 3 is 2.35 bits per heavy atom. The molecule has 0 unspecified atom stereocenters. The number of anilines is 1. The summed E-state index contributed by atoms with van der Waals surface area (Å²) in [6.45, 7) is 3.93. The van der Waals surface area contributed by atoms with Crippen LogP contribution in [0, 0.1) is 13.8 Å². The molecule has 0 aliphatic carbocycles. The maximum Gasteiger partial charge on any atom is 0.335 e. The van der Waals surface area contributed by atoms with Crippen molar-refractivity contribution in [1.82, 2.24) is 9.88 Å². The summed E-state index contributed by atoms with van der Waals surface area (Å²) >= 11 is 3.34. The largest absolute Gasteiger partial charge is 0.335 e. The molecule has 0 bridgehead atoms. The van der Waals surface area contributed by atoms with E-state index in [-0.39, 0.29) is 5.57 Å². The molecule has 168 valence electrons. The van der Waals surface area contributed by atoms with Crippen molar-refractivity contribution >= 4 is 56.3 Å². The van der Waals surface area contributed by atoms with E-state index in [0.29, 0.717) is 5.69 Å². The number of rotatable bonds is 3. The first-order valence-corrected chi connectivity index (χ1v) is 11.5. The van der Waals surface area contributed by atoms with Gasteiger partial charge in [-0.25, -0.2) is 9.69 Å². The summed E-state index contributed by atoms with van der Waals surface area (Å²) in [5.74, 6) is -1.37. The molecule has 4 amide bonds. The van der Waals surface area contributed by atoms with Crippen molar-refractivity contribution in [2.45, 2.75) is 13.8 Å². The van der Waals surface area contributed by atoms with Crippen molar-refractivity contribution in [2.75, 3.05) is 4.90 Å². The Morgan fingerprint density at radius 2 is 1.59 bits per heavy atom. The Hall–Kier alpha value is -3.97. The molecule has 4 aromatic rings. The van der Waals surface area contributed by atoms with E-state index in [1.807, 2.05) is 44.2 Å². The Balaban J connectivity index is 1.59. The second-order valence-corrected chi connectivity index (χ2v) is 9.01. The van der Waals surface area contributed by atoms with Crippen LogP contribution in [0.2, 0.25) is 0 Å². The molecule has 6 nitrogen and oxygen atoms in total. The molecule has 0 spiro atoms. The van der Waals surface area contributed by atoms with E-state index in [2.05, 4.69) is 44.0 Å². The summed E-state index contributed by atoms with van der Waals surface area (Å²) in [5, 5.41) is 4.50. The molecule has 1 N–H and O–H groups in total. The van der Waals surface area contributed by atoms with Crippen LogP contribution in [-0.4, -0.2) is 22.4 Å². The van der Waals surface area contributed by atoms with Gasteiger partial charge in [0.05, 0.1) is 11.4 Å². The highest BCUT2D eigenvalue weighted by atomic mass is 79.9. The highest BCUT2D eigenvalue weighted by Crippen LogP contribution is 2.29. The quantitative estimate of drug-likeness (QED) is 0.283. The molecular weight excluding hydrogens is 494 g/mol. The van der Waals surface area contributed by atoms with E-state index in [0.717, 1.165) is 42.8 Å². The molecule has 1 aliphatic rings. The summed E-state index contributed by atoms with van der Waals surface area (Å²) in [6.07, 6.45) is 1.56. The zero-order chi connectivity index (χ0) is 24.0. The number of nitrogens with zero attached hydrogens (tertiary/aromatic N) is 2. The van der Waals surface area contributed by atoms with Crippen LogP contribution in [0.5, 0.6) is 0 Å². The highest BCUT2D eigenvalue weighted by Gasteiger charge is 2.37. The third kappa shape index (κ3) is 3.64. The van der Waals surface area contributed by atoms with Crippen LogP contribution in [0.4, 0.5) is 10.5 Å². The van der Waals surface area contributed by atoms with Crippen molar-refractivity contribution in [1.29, 1.82) is 0 Å². The molecule has 1 saturated heterocycles. The number of nitrogens with one attached hydrogen (secondary N) is 1. The Morgan fingerprint density at radius 1 is 0.882 bits per heavy atom. The van der Waals surface area contributed by atoms with Crippen LogP contribution >= 0.6 is 15.9 Å². The lowest BCUT2D eigenvalue weighted by atomic mass is 10.1. The molecule has 0 radical (unpaired) electrons. The highest BCUT2D eigenvalue weighted by molar-refractivity contribution is 9.10. The first kappa shape index (κ1) is 21.9. The summed E-state index contributed by atoms with van der Waals surface area (Å²) in [5.41, 5.74) is 3.88. The first-order valence-electron chi connectivity index (χ1n) is 10.7. The SMILES string of the molecule is Cc1cc(/C=C2/C(=O)NC(=O)N(c3ccc(Br)cc3)C2=O)c(C)n1-c1cccc2ccccc12. The summed E-state index contributed by atoms with van der Waals surface area (Å²) in [7, 11) is 0. The lowest BCUT2D eigenvalue weighted by Gasteiger charge is -2.26. The second kappa shape index (κ2) is 8.43. The van der Waals surface area contributed by atoms with E-state index < -0.39 is 17.8 Å². The molecule has 3 aromatic carbocycles. The molecule has 2 heterocycles. The van der Waals surface area contributed by atoms with E-state index in [9.17, 15) is 14.4 Å². The lowest BCUT2D eigenvalue weighted by molar-refractivity contribution is -0.122. The summed E-state index contributed by atoms with van der Waals surface area (Å²) in [6, 6.07) is 22.2. The zero-order valence-electron chi connectivity index (χ0n) is 18.5. The van der Waals surface area contributed by atoms with Gasteiger partial charge in [-0.05, 0) is 67.3 Å². The maximum atomic E-state index is 13.2. The van der Waals surface area contributed by atoms with Gasteiger partial charge in [0.2, 0.25) is 0 Å². The van der Waals surface area contributed by atoms with Crippen molar-refractivity contribution < 1.29 is 14.4 Å².